The number of carbonyl (C=O) groups excluding carboxylic acids is 1. The molecule has 1 aliphatic heterocycles. The van der Waals surface area contributed by atoms with E-state index in [0.717, 1.165) is 11.1 Å². The van der Waals surface area contributed by atoms with Gasteiger partial charge >= 0.3 is 0 Å². The molecule has 1 saturated heterocycles. The van der Waals surface area contributed by atoms with E-state index in [-0.39, 0.29) is 12.5 Å². The van der Waals surface area contributed by atoms with Gasteiger partial charge in [-0.15, -0.1) is 0 Å². The summed E-state index contributed by atoms with van der Waals surface area (Å²) in [5.41, 5.74) is 2.95. The molecule has 3 rings (SSSR count). The van der Waals surface area contributed by atoms with Crippen molar-refractivity contribution < 1.29 is 13.9 Å². The number of benzene rings is 2. The SMILES string of the molecule is Cc1cc(C)cc(OCC(=O)N2CCN(c3ccc(C#N)cc3F)CC2)c1. The normalized spacial score (nSPS) is 14.0. The van der Waals surface area contributed by atoms with Gasteiger partial charge in [-0.3, -0.25) is 4.79 Å². The monoisotopic (exact) mass is 367 g/mol. The number of amides is 1. The summed E-state index contributed by atoms with van der Waals surface area (Å²) in [5, 5.41) is 8.84. The molecule has 0 bridgehead atoms. The highest BCUT2D eigenvalue weighted by Gasteiger charge is 2.23. The Morgan fingerprint density at radius 3 is 2.37 bits per heavy atom. The van der Waals surface area contributed by atoms with E-state index in [1.807, 2.05) is 36.9 Å². The number of ether oxygens (including phenoxy) is 1. The molecule has 6 heteroatoms. The molecule has 5 nitrogen and oxygen atoms in total. The third-order valence-electron chi connectivity index (χ3n) is 4.61. The number of aryl methyl sites for hydroxylation is 2. The Morgan fingerprint density at radius 2 is 1.78 bits per heavy atom. The third kappa shape index (κ3) is 4.56. The molecule has 1 fully saturated rings. The van der Waals surface area contributed by atoms with Crippen LogP contribution in [-0.4, -0.2) is 43.6 Å². The standard InChI is InChI=1S/C21H22FN3O2/c1-15-9-16(2)11-18(10-15)27-14-21(26)25-7-5-24(6-8-25)20-4-3-17(13-23)12-19(20)22/h3-4,9-12H,5-8,14H2,1-2H3. The van der Waals surface area contributed by atoms with Gasteiger partial charge in [-0.1, -0.05) is 6.07 Å². The summed E-state index contributed by atoms with van der Waals surface area (Å²) >= 11 is 0. The summed E-state index contributed by atoms with van der Waals surface area (Å²) in [4.78, 5) is 16.0. The number of carbonyl (C=O) groups is 1. The molecule has 0 aromatic heterocycles. The van der Waals surface area contributed by atoms with Crippen molar-refractivity contribution in [3.63, 3.8) is 0 Å². The molecule has 27 heavy (non-hydrogen) atoms. The lowest BCUT2D eigenvalue weighted by atomic mass is 10.1. The molecule has 1 aliphatic rings. The number of nitriles is 1. The van der Waals surface area contributed by atoms with Crippen LogP contribution in [0.5, 0.6) is 5.75 Å². The minimum atomic E-state index is -0.410. The van der Waals surface area contributed by atoms with Crippen molar-refractivity contribution in [3.05, 3.63) is 58.9 Å². The third-order valence-corrected chi connectivity index (χ3v) is 4.61. The first-order valence-corrected chi connectivity index (χ1v) is 8.90. The topological polar surface area (TPSA) is 56.6 Å². The van der Waals surface area contributed by atoms with Crippen LogP contribution in [0.1, 0.15) is 16.7 Å². The summed E-state index contributed by atoms with van der Waals surface area (Å²) < 4.78 is 19.8. The molecule has 2 aromatic carbocycles. The van der Waals surface area contributed by atoms with Gasteiger partial charge in [-0.05, 0) is 55.3 Å². The van der Waals surface area contributed by atoms with Crippen LogP contribution >= 0.6 is 0 Å². The molecule has 0 N–H and O–H groups in total. The fraction of sp³-hybridized carbons (Fsp3) is 0.333. The average molecular weight is 367 g/mol. The van der Waals surface area contributed by atoms with Crippen molar-refractivity contribution in [2.75, 3.05) is 37.7 Å². The molecule has 0 unspecified atom stereocenters. The first kappa shape index (κ1) is 18.7. The molecule has 0 saturated carbocycles. The van der Waals surface area contributed by atoms with Crippen molar-refractivity contribution in [3.8, 4) is 11.8 Å². The maximum absolute atomic E-state index is 14.2. The average Bonchev–Trinajstić information content (AvgIpc) is 2.65. The number of rotatable bonds is 4. The second-order valence-electron chi connectivity index (χ2n) is 6.76. The van der Waals surface area contributed by atoms with Gasteiger partial charge in [0, 0.05) is 26.2 Å². The molecule has 0 aliphatic carbocycles. The summed E-state index contributed by atoms with van der Waals surface area (Å²) in [6.45, 7) is 6.07. The second-order valence-corrected chi connectivity index (χ2v) is 6.76. The Kier molecular flexibility index (Phi) is 5.60. The van der Waals surface area contributed by atoms with Gasteiger partial charge in [-0.2, -0.15) is 5.26 Å². The Morgan fingerprint density at radius 1 is 1.11 bits per heavy atom. The predicted octanol–water partition coefficient (Wildman–Crippen LogP) is 3.04. The lowest BCUT2D eigenvalue weighted by Gasteiger charge is -2.36. The molecule has 140 valence electrons. The van der Waals surface area contributed by atoms with E-state index < -0.39 is 5.82 Å². The quantitative estimate of drug-likeness (QED) is 0.833. The van der Waals surface area contributed by atoms with Gasteiger partial charge in [0.05, 0.1) is 17.3 Å². The first-order valence-electron chi connectivity index (χ1n) is 8.90. The van der Waals surface area contributed by atoms with Gasteiger partial charge in [0.15, 0.2) is 6.61 Å². The van der Waals surface area contributed by atoms with Gasteiger partial charge in [-0.25, -0.2) is 4.39 Å². The maximum Gasteiger partial charge on any atom is 0.260 e. The van der Waals surface area contributed by atoms with Crippen LogP contribution in [0.25, 0.3) is 0 Å². The number of halogens is 1. The van der Waals surface area contributed by atoms with Crippen LogP contribution in [0, 0.1) is 31.0 Å². The van der Waals surface area contributed by atoms with E-state index >= 15 is 0 Å². The van der Waals surface area contributed by atoms with Gasteiger partial charge in [0.2, 0.25) is 0 Å². The van der Waals surface area contributed by atoms with Crippen LogP contribution in [0.4, 0.5) is 10.1 Å². The highest BCUT2D eigenvalue weighted by Crippen LogP contribution is 2.22. The zero-order valence-electron chi connectivity index (χ0n) is 15.5. The second kappa shape index (κ2) is 8.09. The largest absolute Gasteiger partial charge is 0.484 e. The summed E-state index contributed by atoms with van der Waals surface area (Å²) in [6.07, 6.45) is 0. The zero-order valence-corrected chi connectivity index (χ0v) is 15.5. The van der Waals surface area contributed by atoms with Gasteiger partial charge < -0.3 is 14.5 Å². The van der Waals surface area contributed by atoms with Crippen LogP contribution < -0.4 is 9.64 Å². The molecule has 0 radical (unpaired) electrons. The van der Waals surface area contributed by atoms with Crippen molar-refractivity contribution in [2.24, 2.45) is 0 Å². The van der Waals surface area contributed by atoms with Gasteiger partial charge in [0.25, 0.3) is 5.91 Å². The zero-order chi connectivity index (χ0) is 19.4. The van der Waals surface area contributed by atoms with E-state index in [0.29, 0.717) is 43.2 Å². The maximum atomic E-state index is 14.2. The number of hydrogen-bond donors (Lipinski definition) is 0. The fourth-order valence-electron chi connectivity index (χ4n) is 3.28. The van der Waals surface area contributed by atoms with E-state index in [9.17, 15) is 9.18 Å². The lowest BCUT2D eigenvalue weighted by Crippen LogP contribution is -2.50. The number of nitrogens with zero attached hydrogens (tertiary/aromatic N) is 3. The Balaban J connectivity index is 1.54. The predicted molar refractivity (Wildman–Crippen MR) is 101 cm³/mol. The lowest BCUT2D eigenvalue weighted by molar-refractivity contribution is -0.133. The number of piperazine rings is 1. The fourth-order valence-corrected chi connectivity index (χ4v) is 3.28. The van der Waals surface area contributed by atoms with E-state index in [4.69, 9.17) is 10.00 Å². The molecule has 0 spiro atoms. The van der Waals surface area contributed by atoms with Crippen LogP contribution in [0.15, 0.2) is 36.4 Å². The van der Waals surface area contributed by atoms with E-state index in [1.165, 1.54) is 6.07 Å². The Hall–Kier alpha value is -3.07. The van der Waals surface area contributed by atoms with E-state index in [1.54, 1.807) is 17.0 Å². The van der Waals surface area contributed by atoms with Crippen LogP contribution in [0.2, 0.25) is 0 Å². The van der Waals surface area contributed by atoms with Crippen molar-refractivity contribution in [1.82, 2.24) is 4.90 Å². The first-order chi connectivity index (χ1) is 13.0. The highest BCUT2D eigenvalue weighted by atomic mass is 19.1. The van der Waals surface area contributed by atoms with Crippen molar-refractivity contribution >= 4 is 11.6 Å². The van der Waals surface area contributed by atoms with Crippen molar-refractivity contribution in [1.29, 1.82) is 5.26 Å². The molecule has 2 aromatic rings. The Bertz CT molecular complexity index is 863. The Labute approximate surface area is 158 Å². The number of hydrogen-bond acceptors (Lipinski definition) is 4. The smallest absolute Gasteiger partial charge is 0.260 e. The number of anilines is 1. The molecular formula is C21H22FN3O2. The van der Waals surface area contributed by atoms with Crippen LogP contribution in [0.3, 0.4) is 0 Å². The highest BCUT2D eigenvalue weighted by molar-refractivity contribution is 5.78. The molecule has 1 amide bonds. The molecule has 0 atom stereocenters. The summed E-state index contributed by atoms with van der Waals surface area (Å²) in [7, 11) is 0. The van der Waals surface area contributed by atoms with E-state index in [2.05, 4.69) is 6.07 Å². The van der Waals surface area contributed by atoms with Crippen LogP contribution in [-0.2, 0) is 4.79 Å². The summed E-state index contributed by atoms with van der Waals surface area (Å²) in [6, 6.07) is 12.3. The summed E-state index contributed by atoms with van der Waals surface area (Å²) in [5.74, 6) is 0.209. The molecule has 1 heterocycles. The molecular weight excluding hydrogens is 345 g/mol. The van der Waals surface area contributed by atoms with Gasteiger partial charge in [0.1, 0.15) is 11.6 Å². The minimum Gasteiger partial charge on any atom is -0.484 e. The minimum absolute atomic E-state index is 0.00583. The van der Waals surface area contributed by atoms with Crippen molar-refractivity contribution in [2.45, 2.75) is 13.8 Å².